The molecule has 75 heavy (non-hydrogen) atoms. The van der Waals surface area contributed by atoms with Gasteiger partial charge in [0.2, 0.25) is 0 Å². The first-order chi connectivity index (χ1) is 37.2. The second-order valence-corrected chi connectivity index (χ2v) is 19.8. The van der Waals surface area contributed by atoms with Crippen molar-refractivity contribution < 1.29 is 4.42 Å². The summed E-state index contributed by atoms with van der Waals surface area (Å²) in [4.78, 5) is 16.0. The lowest BCUT2D eigenvalue weighted by Gasteiger charge is -2.30. The van der Waals surface area contributed by atoms with E-state index in [1.54, 1.807) is 0 Å². The van der Waals surface area contributed by atoms with Gasteiger partial charge in [-0.1, -0.05) is 206 Å². The largest absolute Gasteiger partial charge is 0.456 e. The zero-order valence-electron chi connectivity index (χ0n) is 40.4. The van der Waals surface area contributed by atoms with Crippen LogP contribution in [0.3, 0.4) is 0 Å². The minimum atomic E-state index is -0.470. The van der Waals surface area contributed by atoms with Gasteiger partial charge in [0.05, 0.1) is 16.4 Å². The first-order valence-corrected chi connectivity index (χ1v) is 25.6. The molecule has 348 valence electrons. The average molecular weight is 955 g/mol. The van der Waals surface area contributed by atoms with Crippen LogP contribution >= 0.6 is 0 Å². The van der Waals surface area contributed by atoms with Crippen LogP contribution in [0.1, 0.15) is 22.3 Å². The standard InChI is InChI=1S/C70H42N4O/c1-4-19-43(20-5-1)46-39-47(44-21-6-2-7-22-44)41-48(40-46)68-71-67(45-23-8-3-9-24-45)72-69(73-68)55-29-18-34-63-64(55)56-42-49(35-38-62(56)75-63)74-61-33-17-13-27-52(61)53-36-37-60-65(66(53)74)54-28-12-16-32-59(54)70(60)57-30-14-10-25-50(57)51-26-11-15-31-58(51)70/h1-42H. The van der Waals surface area contributed by atoms with E-state index in [1.165, 1.54) is 60.8 Å². The number of furan rings is 1. The molecule has 0 radical (unpaired) electrons. The molecule has 2 aliphatic rings. The van der Waals surface area contributed by atoms with Crippen molar-refractivity contribution in [2.75, 3.05) is 0 Å². The van der Waals surface area contributed by atoms with E-state index in [2.05, 4.69) is 235 Å². The fourth-order valence-corrected chi connectivity index (χ4v) is 12.7. The Bertz CT molecular complexity index is 4550. The Morgan fingerprint density at radius 3 is 1.53 bits per heavy atom. The van der Waals surface area contributed by atoms with Gasteiger partial charge >= 0.3 is 0 Å². The van der Waals surface area contributed by atoms with Crippen LogP contribution in [-0.2, 0) is 5.41 Å². The van der Waals surface area contributed by atoms with Gasteiger partial charge in [-0.3, -0.25) is 0 Å². The van der Waals surface area contributed by atoms with Gasteiger partial charge in [0.15, 0.2) is 17.5 Å². The molecule has 3 aromatic heterocycles. The first-order valence-electron chi connectivity index (χ1n) is 25.6. The van der Waals surface area contributed by atoms with Crippen LogP contribution in [0.15, 0.2) is 259 Å². The van der Waals surface area contributed by atoms with Gasteiger partial charge in [0, 0.05) is 49.5 Å². The molecular weight excluding hydrogens is 913 g/mol. The van der Waals surface area contributed by atoms with Crippen LogP contribution < -0.4 is 0 Å². The number of benzene rings is 11. The zero-order valence-corrected chi connectivity index (χ0v) is 40.4. The molecule has 0 aliphatic heterocycles. The molecule has 0 fully saturated rings. The number of aromatic nitrogens is 4. The van der Waals surface area contributed by atoms with E-state index >= 15 is 0 Å². The van der Waals surface area contributed by atoms with E-state index in [4.69, 9.17) is 19.4 Å². The molecule has 3 heterocycles. The van der Waals surface area contributed by atoms with Crippen molar-refractivity contribution in [1.82, 2.24) is 19.5 Å². The first kappa shape index (κ1) is 41.6. The summed E-state index contributed by atoms with van der Waals surface area (Å²) in [5.41, 5.74) is 21.9. The zero-order chi connectivity index (χ0) is 49.2. The van der Waals surface area contributed by atoms with Crippen LogP contribution in [0.4, 0.5) is 0 Å². The normalized spacial score (nSPS) is 12.9. The topological polar surface area (TPSA) is 56.7 Å². The highest BCUT2D eigenvalue weighted by atomic mass is 16.3. The lowest BCUT2D eigenvalue weighted by Crippen LogP contribution is -2.25. The smallest absolute Gasteiger partial charge is 0.164 e. The maximum absolute atomic E-state index is 6.79. The molecule has 0 saturated heterocycles. The highest BCUT2D eigenvalue weighted by Crippen LogP contribution is 2.64. The van der Waals surface area contributed by atoms with Crippen LogP contribution in [0, 0.1) is 0 Å². The van der Waals surface area contributed by atoms with E-state index < -0.39 is 5.41 Å². The Kier molecular flexibility index (Phi) is 8.89. The molecule has 11 aromatic carbocycles. The molecule has 0 amide bonds. The van der Waals surface area contributed by atoms with Gasteiger partial charge in [-0.15, -0.1) is 0 Å². The van der Waals surface area contributed by atoms with Crippen molar-refractivity contribution in [2.24, 2.45) is 0 Å². The number of hydrogen-bond donors (Lipinski definition) is 0. The Labute approximate surface area is 432 Å². The predicted molar refractivity (Wildman–Crippen MR) is 305 cm³/mol. The molecule has 5 heteroatoms. The van der Waals surface area contributed by atoms with Gasteiger partial charge in [-0.2, -0.15) is 0 Å². The molecule has 2 aliphatic carbocycles. The number of fused-ring (bicyclic) bond motifs is 17. The fraction of sp³-hybridized carbons (Fsp3) is 0.0143. The third-order valence-electron chi connectivity index (χ3n) is 15.8. The minimum absolute atomic E-state index is 0.470. The minimum Gasteiger partial charge on any atom is -0.456 e. The number of para-hydroxylation sites is 1. The number of rotatable bonds is 6. The van der Waals surface area contributed by atoms with Crippen molar-refractivity contribution >= 4 is 43.7 Å². The van der Waals surface area contributed by atoms with Gasteiger partial charge in [-0.05, 0) is 110 Å². The Balaban J connectivity index is 0.936. The van der Waals surface area contributed by atoms with Crippen LogP contribution in [0.25, 0.3) is 128 Å². The Hall–Kier alpha value is -9.97. The summed E-state index contributed by atoms with van der Waals surface area (Å²) >= 11 is 0. The van der Waals surface area contributed by atoms with E-state index in [-0.39, 0.29) is 0 Å². The molecule has 16 rings (SSSR count). The highest BCUT2D eigenvalue weighted by molar-refractivity contribution is 6.18. The number of hydrogen-bond acceptors (Lipinski definition) is 4. The molecule has 5 nitrogen and oxygen atoms in total. The average Bonchev–Trinajstić information content (AvgIpc) is 4.39. The van der Waals surface area contributed by atoms with Crippen LogP contribution in [0.2, 0.25) is 0 Å². The SMILES string of the molecule is c1ccc(-c2cc(-c3ccccc3)cc(-c3nc(-c4ccccc4)nc(-c4cccc5oc6ccc(-n7c8ccccc8c8ccc9c(c87)-c7ccccc7C97c8ccccc8-c8ccccc87)cc6c45)n3)c2)cc1. The van der Waals surface area contributed by atoms with Crippen molar-refractivity contribution in [3.8, 4) is 84.4 Å². The number of nitrogens with zero attached hydrogens (tertiary/aromatic N) is 4. The summed E-state index contributed by atoms with van der Waals surface area (Å²) in [6, 6.07) is 91.5. The van der Waals surface area contributed by atoms with E-state index in [0.29, 0.717) is 17.5 Å². The molecule has 0 saturated carbocycles. The quantitative estimate of drug-likeness (QED) is 0.167. The van der Waals surface area contributed by atoms with Crippen molar-refractivity contribution in [3.05, 3.63) is 277 Å². The third-order valence-corrected chi connectivity index (χ3v) is 15.8. The van der Waals surface area contributed by atoms with Crippen molar-refractivity contribution in [3.63, 3.8) is 0 Å². The molecule has 0 atom stereocenters. The summed E-state index contributed by atoms with van der Waals surface area (Å²) in [7, 11) is 0. The van der Waals surface area contributed by atoms with Crippen molar-refractivity contribution in [1.29, 1.82) is 0 Å². The van der Waals surface area contributed by atoms with E-state index in [9.17, 15) is 0 Å². The second kappa shape index (κ2) is 16.0. The molecular formula is C70H42N4O. The lowest BCUT2D eigenvalue weighted by atomic mass is 9.70. The van der Waals surface area contributed by atoms with E-state index in [1.807, 2.05) is 24.3 Å². The lowest BCUT2D eigenvalue weighted by molar-refractivity contribution is 0.669. The summed E-state index contributed by atoms with van der Waals surface area (Å²) in [5, 5.41) is 4.35. The van der Waals surface area contributed by atoms with Gasteiger partial charge < -0.3 is 8.98 Å². The molecule has 14 aromatic rings. The van der Waals surface area contributed by atoms with Crippen molar-refractivity contribution in [2.45, 2.75) is 5.41 Å². The van der Waals surface area contributed by atoms with Crippen LogP contribution in [-0.4, -0.2) is 19.5 Å². The van der Waals surface area contributed by atoms with Gasteiger partial charge in [0.1, 0.15) is 11.2 Å². The van der Waals surface area contributed by atoms with Gasteiger partial charge in [0.25, 0.3) is 0 Å². The fourth-order valence-electron chi connectivity index (χ4n) is 12.7. The molecule has 0 unspecified atom stereocenters. The van der Waals surface area contributed by atoms with Gasteiger partial charge in [-0.25, -0.2) is 15.0 Å². The summed E-state index contributed by atoms with van der Waals surface area (Å²) in [6.07, 6.45) is 0. The Morgan fingerprint density at radius 1 is 0.320 bits per heavy atom. The van der Waals surface area contributed by atoms with Crippen LogP contribution in [0.5, 0.6) is 0 Å². The third kappa shape index (κ3) is 6.04. The molecule has 0 N–H and O–H groups in total. The highest BCUT2D eigenvalue weighted by Gasteiger charge is 2.52. The summed E-state index contributed by atoms with van der Waals surface area (Å²) in [6.45, 7) is 0. The second-order valence-electron chi connectivity index (χ2n) is 19.8. The van der Waals surface area contributed by atoms with E-state index in [0.717, 1.165) is 72.1 Å². The monoisotopic (exact) mass is 954 g/mol. The molecule has 1 spiro atoms. The summed E-state index contributed by atoms with van der Waals surface area (Å²) < 4.78 is 9.28. The maximum Gasteiger partial charge on any atom is 0.164 e. The molecule has 0 bridgehead atoms. The maximum atomic E-state index is 6.79. The predicted octanol–water partition coefficient (Wildman–Crippen LogP) is 17.5. The Morgan fingerprint density at radius 2 is 0.853 bits per heavy atom. The summed E-state index contributed by atoms with van der Waals surface area (Å²) in [5.74, 6) is 1.75.